The van der Waals surface area contributed by atoms with Crippen molar-refractivity contribution in [2.75, 3.05) is 24.0 Å². The van der Waals surface area contributed by atoms with E-state index in [-0.39, 0.29) is 0 Å². The summed E-state index contributed by atoms with van der Waals surface area (Å²) in [5.74, 6) is 4.71. The van der Waals surface area contributed by atoms with E-state index in [0.717, 1.165) is 36.2 Å². The van der Waals surface area contributed by atoms with Gasteiger partial charge in [-0.2, -0.15) is 11.8 Å². The van der Waals surface area contributed by atoms with E-state index in [9.17, 15) is 0 Å². The van der Waals surface area contributed by atoms with Crippen molar-refractivity contribution in [3.05, 3.63) is 29.8 Å². The summed E-state index contributed by atoms with van der Waals surface area (Å²) in [4.78, 5) is 0. The molecule has 1 atom stereocenters. The molecular formula is C12H15ClOS. The molecule has 1 aromatic carbocycles. The Hall–Kier alpha value is -0.340. The molecule has 0 aromatic heterocycles. The molecule has 3 heteroatoms. The Balaban J connectivity index is 1.85. The predicted octanol–water partition coefficient (Wildman–Crippen LogP) is 3.52. The molecule has 0 saturated heterocycles. The van der Waals surface area contributed by atoms with Gasteiger partial charge in [0.2, 0.25) is 0 Å². The lowest BCUT2D eigenvalue weighted by Crippen LogP contribution is -2.04. The van der Waals surface area contributed by atoms with Crippen LogP contribution >= 0.6 is 23.4 Å². The van der Waals surface area contributed by atoms with Crippen molar-refractivity contribution in [2.45, 2.75) is 12.3 Å². The van der Waals surface area contributed by atoms with Crippen molar-refractivity contribution in [1.82, 2.24) is 0 Å². The van der Waals surface area contributed by atoms with Crippen LogP contribution in [0.1, 0.15) is 17.9 Å². The molecule has 0 N–H and O–H groups in total. The van der Waals surface area contributed by atoms with Crippen LogP contribution in [0.2, 0.25) is 0 Å². The van der Waals surface area contributed by atoms with Gasteiger partial charge in [-0.15, -0.1) is 11.6 Å². The van der Waals surface area contributed by atoms with Crippen LogP contribution in [-0.4, -0.2) is 24.0 Å². The van der Waals surface area contributed by atoms with Crippen LogP contribution in [0.3, 0.4) is 0 Å². The minimum Gasteiger partial charge on any atom is -0.493 e. The zero-order chi connectivity index (χ0) is 10.5. The number of ether oxygens (including phenoxy) is 1. The average molecular weight is 243 g/mol. The number of halogens is 1. The SMILES string of the molecule is ClCCCSCC1COc2ccccc21. The normalized spacial score (nSPS) is 18.6. The van der Waals surface area contributed by atoms with E-state index in [1.165, 1.54) is 5.56 Å². The summed E-state index contributed by atoms with van der Waals surface area (Å²) in [7, 11) is 0. The molecule has 1 aliphatic heterocycles. The molecule has 1 aliphatic rings. The van der Waals surface area contributed by atoms with E-state index < -0.39 is 0 Å². The van der Waals surface area contributed by atoms with E-state index >= 15 is 0 Å². The van der Waals surface area contributed by atoms with Crippen molar-refractivity contribution < 1.29 is 4.74 Å². The second-order valence-corrected chi connectivity index (χ2v) is 5.19. The summed E-state index contributed by atoms with van der Waals surface area (Å²) in [5.41, 5.74) is 1.37. The molecule has 0 saturated carbocycles. The van der Waals surface area contributed by atoms with Gasteiger partial charge in [-0.3, -0.25) is 0 Å². The molecule has 1 aromatic rings. The average Bonchev–Trinajstić information content (AvgIpc) is 2.68. The number of alkyl halides is 1. The first-order chi connectivity index (χ1) is 7.42. The Labute approximate surface area is 100 Å². The van der Waals surface area contributed by atoms with Crippen molar-refractivity contribution in [2.24, 2.45) is 0 Å². The lowest BCUT2D eigenvalue weighted by atomic mass is 10.0. The van der Waals surface area contributed by atoms with E-state index in [0.29, 0.717) is 5.92 Å². The zero-order valence-electron chi connectivity index (χ0n) is 8.62. The molecule has 0 spiro atoms. The second kappa shape index (κ2) is 5.66. The van der Waals surface area contributed by atoms with Gasteiger partial charge in [-0.05, 0) is 18.2 Å². The Morgan fingerprint density at radius 1 is 1.40 bits per heavy atom. The van der Waals surface area contributed by atoms with Crippen LogP contribution in [0.4, 0.5) is 0 Å². The standard InChI is InChI=1S/C12H15ClOS/c13-6-3-7-15-9-10-8-14-12-5-2-1-4-11(10)12/h1-2,4-5,10H,3,6-9H2. The highest BCUT2D eigenvalue weighted by atomic mass is 35.5. The molecule has 82 valence electrons. The molecule has 0 bridgehead atoms. The van der Waals surface area contributed by atoms with Crippen molar-refractivity contribution in [3.8, 4) is 5.75 Å². The summed E-state index contributed by atoms with van der Waals surface area (Å²) in [6, 6.07) is 8.35. The van der Waals surface area contributed by atoms with Crippen LogP contribution in [0, 0.1) is 0 Å². The quantitative estimate of drug-likeness (QED) is 0.577. The monoisotopic (exact) mass is 242 g/mol. The Kier molecular flexibility index (Phi) is 4.21. The zero-order valence-corrected chi connectivity index (χ0v) is 10.2. The largest absolute Gasteiger partial charge is 0.493 e. The fraction of sp³-hybridized carbons (Fsp3) is 0.500. The Morgan fingerprint density at radius 2 is 2.27 bits per heavy atom. The summed E-state index contributed by atoms with van der Waals surface area (Å²) in [6.45, 7) is 0.840. The predicted molar refractivity (Wildman–Crippen MR) is 67.3 cm³/mol. The lowest BCUT2D eigenvalue weighted by molar-refractivity contribution is 0.339. The van der Waals surface area contributed by atoms with Gasteiger partial charge < -0.3 is 4.74 Å². The second-order valence-electron chi connectivity index (χ2n) is 3.66. The third-order valence-corrected chi connectivity index (χ3v) is 4.02. The highest BCUT2D eigenvalue weighted by molar-refractivity contribution is 7.99. The minimum absolute atomic E-state index is 0.571. The van der Waals surface area contributed by atoms with Crippen LogP contribution in [0.5, 0.6) is 5.75 Å². The molecule has 1 unspecified atom stereocenters. The summed E-state index contributed by atoms with van der Waals surface area (Å²) in [6.07, 6.45) is 1.10. The summed E-state index contributed by atoms with van der Waals surface area (Å²) < 4.78 is 5.63. The molecule has 2 rings (SSSR count). The van der Waals surface area contributed by atoms with E-state index in [4.69, 9.17) is 16.3 Å². The van der Waals surface area contributed by atoms with Crippen LogP contribution in [-0.2, 0) is 0 Å². The van der Waals surface area contributed by atoms with Crippen molar-refractivity contribution in [1.29, 1.82) is 0 Å². The van der Waals surface area contributed by atoms with Gasteiger partial charge in [0.1, 0.15) is 5.75 Å². The highest BCUT2D eigenvalue weighted by Gasteiger charge is 2.22. The maximum absolute atomic E-state index is 5.64. The van der Waals surface area contributed by atoms with E-state index in [2.05, 4.69) is 18.2 Å². The molecule has 15 heavy (non-hydrogen) atoms. The maximum atomic E-state index is 5.64. The molecule has 1 nitrogen and oxygen atoms in total. The van der Waals surface area contributed by atoms with Gasteiger partial charge in [0.25, 0.3) is 0 Å². The van der Waals surface area contributed by atoms with Gasteiger partial charge in [-0.1, -0.05) is 18.2 Å². The Morgan fingerprint density at radius 3 is 3.13 bits per heavy atom. The number of fused-ring (bicyclic) bond motifs is 1. The van der Waals surface area contributed by atoms with Gasteiger partial charge in [0.15, 0.2) is 0 Å². The van der Waals surface area contributed by atoms with Crippen LogP contribution in [0.15, 0.2) is 24.3 Å². The number of benzene rings is 1. The topological polar surface area (TPSA) is 9.23 Å². The van der Waals surface area contributed by atoms with E-state index in [1.807, 2.05) is 17.8 Å². The third kappa shape index (κ3) is 2.82. The van der Waals surface area contributed by atoms with Gasteiger partial charge in [-0.25, -0.2) is 0 Å². The van der Waals surface area contributed by atoms with Crippen LogP contribution < -0.4 is 4.74 Å². The molecule has 0 aliphatic carbocycles. The summed E-state index contributed by atoms with van der Waals surface area (Å²) >= 11 is 7.61. The Bertz CT molecular complexity index is 316. The third-order valence-electron chi connectivity index (χ3n) is 2.54. The van der Waals surface area contributed by atoms with Crippen LogP contribution in [0.25, 0.3) is 0 Å². The smallest absolute Gasteiger partial charge is 0.122 e. The molecule has 0 fully saturated rings. The first-order valence-electron chi connectivity index (χ1n) is 5.27. The molecule has 0 radical (unpaired) electrons. The van der Waals surface area contributed by atoms with Crippen molar-refractivity contribution in [3.63, 3.8) is 0 Å². The van der Waals surface area contributed by atoms with Crippen molar-refractivity contribution >= 4 is 23.4 Å². The molecule has 1 heterocycles. The lowest BCUT2D eigenvalue weighted by Gasteiger charge is -2.07. The number of hydrogen-bond donors (Lipinski definition) is 0. The van der Waals surface area contributed by atoms with Gasteiger partial charge in [0, 0.05) is 23.1 Å². The molecule has 0 amide bonds. The summed E-state index contributed by atoms with van der Waals surface area (Å²) in [5, 5.41) is 0. The molecular weight excluding hydrogens is 228 g/mol. The fourth-order valence-corrected chi connectivity index (χ4v) is 3.12. The number of para-hydroxylation sites is 1. The van der Waals surface area contributed by atoms with Gasteiger partial charge in [0.05, 0.1) is 6.61 Å². The first kappa shape index (κ1) is 11.2. The number of thioether (sulfide) groups is 1. The fourth-order valence-electron chi connectivity index (χ4n) is 1.75. The minimum atomic E-state index is 0.571. The highest BCUT2D eigenvalue weighted by Crippen LogP contribution is 2.35. The van der Waals surface area contributed by atoms with E-state index in [1.54, 1.807) is 0 Å². The maximum Gasteiger partial charge on any atom is 0.122 e. The first-order valence-corrected chi connectivity index (χ1v) is 6.96. The number of rotatable bonds is 5. The van der Waals surface area contributed by atoms with Gasteiger partial charge >= 0.3 is 0 Å². The number of hydrogen-bond acceptors (Lipinski definition) is 2.